The van der Waals surface area contributed by atoms with Crippen LogP contribution >= 0.6 is 30.3 Å². The van der Waals surface area contributed by atoms with Crippen molar-refractivity contribution in [1.82, 2.24) is 8.96 Å². The van der Waals surface area contributed by atoms with Crippen molar-refractivity contribution in [3.05, 3.63) is 47.8 Å². The Morgan fingerprint density at radius 1 is 1.27 bits per heavy atom. The van der Waals surface area contributed by atoms with Crippen molar-refractivity contribution in [3.63, 3.8) is 0 Å². The first-order valence-corrected chi connectivity index (χ1v) is 12.2. The zero-order valence-electron chi connectivity index (χ0n) is 15.3. The maximum absolute atomic E-state index is 13.8. The summed E-state index contributed by atoms with van der Waals surface area (Å²) in [7, 11) is 1.02. The second-order valence-electron chi connectivity index (χ2n) is 6.58. The van der Waals surface area contributed by atoms with E-state index in [-0.39, 0.29) is 29.2 Å². The number of hydrogen-bond donors (Lipinski definition) is 1. The molecule has 1 aliphatic rings. The molecule has 1 amide bonds. The molecule has 6 nitrogen and oxygen atoms in total. The first kappa shape index (κ1) is 21.4. The number of fused-ring (bicyclic) bond motifs is 1. The van der Waals surface area contributed by atoms with Gasteiger partial charge < -0.3 is 14.7 Å². The van der Waals surface area contributed by atoms with Crippen molar-refractivity contribution in [3.8, 4) is 11.1 Å². The van der Waals surface area contributed by atoms with Crippen LogP contribution in [0.2, 0.25) is 0 Å². The van der Waals surface area contributed by atoms with Crippen LogP contribution in [0.3, 0.4) is 0 Å². The van der Waals surface area contributed by atoms with Gasteiger partial charge >= 0.3 is 6.18 Å². The molecule has 0 bridgehead atoms. The molecule has 30 heavy (non-hydrogen) atoms. The van der Waals surface area contributed by atoms with Gasteiger partial charge in [-0.15, -0.1) is 0 Å². The summed E-state index contributed by atoms with van der Waals surface area (Å²) >= 11 is 1.86. The van der Waals surface area contributed by atoms with E-state index in [9.17, 15) is 23.1 Å². The van der Waals surface area contributed by atoms with Gasteiger partial charge in [-0.1, -0.05) is 12.1 Å². The first-order chi connectivity index (χ1) is 14.3. The number of aromatic nitrogens is 2. The van der Waals surface area contributed by atoms with E-state index >= 15 is 0 Å². The molecule has 2 aromatic heterocycles. The molecule has 158 valence electrons. The van der Waals surface area contributed by atoms with Crippen LogP contribution in [0.25, 0.3) is 22.2 Å². The molecule has 3 aromatic rings. The third kappa shape index (κ3) is 3.79. The summed E-state index contributed by atoms with van der Waals surface area (Å²) in [5, 5.41) is 9.49. The van der Waals surface area contributed by atoms with E-state index in [4.69, 9.17) is 4.74 Å². The lowest BCUT2D eigenvalue weighted by molar-refractivity contribution is -0.137. The van der Waals surface area contributed by atoms with Crippen LogP contribution in [0.5, 0.6) is 0 Å². The Hall–Kier alpha value is -1.83. The number of halogens is 4. The second kappa shape index (κ2) is 8.36. The highest BCUT2D eigenvalue weighted by Crippen LogP contribution is 2.42. The molecule has 1 aliphatic heterocycles. The number of rotatable bonds is 4. The van der Waals surface area contributed by atoms with Crippen LogP contribution in [-0.4, -0.2) is 39.7 Å². The van der Waals surface area contributed by atoms with Gasteiger partial charge in [0, 0.05) is 59.7 Å². The molecule has 0 atom stereocenters. The summed E-state index contributed by atoms with van der Waals surface area (Å²) in [5.41, 5.74) is 0.764. The van der Waals surface area contributed by atoms with E-state index in [1.165, 1.54) is 16.2 Å². The average molecular weight is 549 g/mol. The molecule has 1 N–H and O–H groups in total. The lowest BCUT2D eigenvalue weighted by atomic mass is 10.0. The van der Waals surface area contributed by atoms with Crippen LogP contribution in [0.1, 0.15) is 11.3 Å². The number of aliphatic hydroxyl groups excluding tert-OH is 1. The Balaban J connectivity index is 1.85. The van der Waals surface area contributed by atoms with E-state index in [0.717, 1.165) is 9.12 Å². The minimum Gasteiger partial charge on any atom is -0.390 e. The zero-order chi connectivity index (χ0) is 21.5. The summed E-state index contributed by atoms with van der Waals surface area (Å²) in [5.74, 6) is -0.171. The number of nitrogens with zero attached hydrogens (tertiary/aromatic N) is 3. The van der Waals surface area contributed by atoms with E-state index in [1.807, 2.05) is 21.2 Å². The van der Waals surface area contributed by atoms with E-state index < -0.39 is 18.3 Å². The molecule has 0 spiro atoms. The van der Waals surface area contributed by atoms with Gasteiger partial charge in [0.15, 0.2) is 5.65 Å². The molecule has 1 fully saturated rings. The monoisotopic (exact) mass is 549 g/mol. The van der Waals surface area contributed by atoms with Crippen molar-refractivity contribution >= 4 is 53.0 Å². The number of aliphatic hydroxyl groups is 1. The number of anilines is 1. The predicted molar refractivity (Wildman–Crippen MR) is 116 cm³/mol. The van der Waals surface area contributed by atoms with Crippen molar-refractivity contribution in [1.29, 1.82) is 0 Å². The Morgan fingerprint density at radius 2 is 2.07 bits per heavy atom. The smallest absolute Gasteiger partial charge is 0.390 e. The van der Waals surface area contributed by atoms with Crippen LogP contribution in [0, 0.1) is 0 Å². The van der Waals surface area contributed by atoms with Gasteiger partial charge in [0.05, 0.1) is 24.5 Å². The Morgan fingerprint density at radius 3 is 2.73 bits per heavy atom. The highest BCUT2D eigenvalue weighted by Gasteiger charge is 2.39. The maximum Gasteiger partial charge on any atom is 0.418 e. The van der Waals surface area contributed by atoms with E-state index in [1.54, 1.807) is 29.2 Å². The first-order valence-electron chi connectivity index (χ1n) is 8.84. The number of alkyl halides is 3. The molecule has 3 heterocycles. The lowest BCUT2D eigenvalue weighted by Crippen LogP contribution is -2.41. The summed E-state index contributed by atoms with van der Waals surface area (Å²) in [4.78, 5) is 18.0. The average Bonchev–Trinajstić information content (AvgIpc) is 3.07. The van der Waals surface area contributed by atoms with Crippen molar-refractivity contribution in [2.45, 2.75) is 12.8 Å². The van der Waals surface area contributed by atoms with E-state index in [2.05, 4.69) is 4.98 Å². The molecule has 11 heteroatoms. The minimum atomic E-state index is -4.64. The fraction of sp³-hybridized carbons (Fsp3) is 0.263. The van der Waals surface area contributed by atoms with Crippen LogP contribution < -0.4 is 4.90 Å². The number of carbonyl (C=O) groups excluding carboxylic acids is 1. The standard InChI is InChI=1S/C19H15F3IN3O3S/c20-19(21,22)17-14-7-12(8-24-18(14)26(30-23)15(17)9-27)11-2-1-3-13(6-11)25-4-5-29-10-16(25)28/h1-3,6-8,27H,4-5,9-10H2. The molecule has 0 radical (unpaired) electrons. The number of ether oxygens (including phenoxy) is 1. The molecular formula is C19H15F3IN3O3S. The number of morpholine rings is 1. The fourth-order valence-electron chi connectivity index (χ4n) is 3.52. The summed E-state index contributed by atoms with van der Waals surface area (Å²) < 4.78 is 47.8. The third-order valence-corrected chi connectivity index (χ3v) is 6.55. The minimum absolute atomic E-state index is 0.00188. The number of carbonyl (C=O) groups is 1. The van der Waals surface area contributed by atoms with Crippen LogP contribution in [0.4, 0.5) is 18.9 Å². The zero-order valence-corrected chi connectivity index (χ0v) is 18.3. The van der Waals surface area contributed by atoms with Gasteiger partial charge in [-0.25, -0.2) is 4.98 Å². The largest absolute Gasteiger partial charge is 0.418 e. The molecule has 1 saturated heterocycles. The van der Waals surface area contributed by atoms with Gasteiger partial charge in [-0.05, 0) is 23.8 Å². The lowest BCUT2D eigenvalue weighted by Gasteiger charge is -2.27. The quantitative estimate of drug-likeness (QED) is 0.489. The van der Waals surface area contributed by atoms with Crippen molar-refractivity contribution in [2.24, 2.45) is 0 Å². The fourth-order valence-corrected chi connectivity index (χ4v) is 5.24. The number of hydrogen-bond acceptors (Lipinski definition) is 5. The normalized spacial score (nSPS) is 15.2. The van der Waals surface area contributed by atoms with Gasteiger partial charge in [0.25, 0.3) is 5.91 Å². The Bertz CT molecular complexity index is 1120. The second-order valence-corrected chi connectivity index (χ2v) is 8.27. The molecule has 0 unspecified atom stereocenters. The number of pyridine rings is 1. The van der Waals surface area contributed by atoms with Crippen LogP contribution in [-0.2, 0) is 22.3 Å². The SMILES string of the molecule is O=C1COCCN1c1cccc(-c2cnc3c(c2)c(C(F)(F)F)c(CO)n3SI)c1. The molecular weight excluding hydrogens is 534 g/mol. The van der Waals surface area contributed by atoms with Crippen molar-refractivity contribution in [2.75, 3.05) is 24.7 Å². The highest BCUT2D eigenvalue weighted by atomic mass is 127. The molecule has 4 rings (SSSR count). The summed E-state index contributed by atoms with van der Waals surface area (Å²) in [6.07, 6.45) is -3.15. The van der Waals surface area contributed by atoms with Gasteiger partial charge in [0.2, 0.25) is 0 Å². The topological polar surface area (TPSA) is 67.6 Å². The maximum atomic E-state index is 13.8. The number of benzene rings is 1. The van der Waals surface area contributed by atoms with Crippen molar-refractivity contribution < 1.29 is 27.8 Å². The Kier molecular flexibility index (Phi) is 5.97. The molecule has 1 aromatic carbocycles. The Labute approximate surface area is 185 Å². The number of amides is 1. The van der Waals surface area contributed by atoms with Crippen LogP contribution in [0.15, 0.2) is 36.5 Å². The highest BCUT2D eigenvalue weighted by molar-refractivity contribution is 14.2. The predicted octanol–water partition coefficient (Wildman–Crippen LogP) is 4.42. The third-order valence-electron chi connectivity index (χ3n) is 4.84. The molecule has 0 aliphatic carbocycles. The van der Waals surface area contributed by atoms with Gasteiger partial charge in [-0.2, -0.15) is 13.2 Å². The molecule has 0 saturated carbocycles. The van der Waals surface area contributed by atoms with E-state index in [0.29, 0.717) is 30.0 Å². The van der Waals surface area contributed by atoms with Gasteiger partial charge in [0.1, 0.15) is 6.61 Å². The summed E-state index contributed by atoms with van der Waals surface area (Å²) in [6.45, 7) is 0.0699. The summed E-state index contributed by atoms with van der Waals surface area (Å²) in [6, 6.07) is 8.44. The van der Waals surface area contributed by atoms with Gasteiger partial charge in [-0.3, -0.25) is 8.77 Å².